The number of ketones is 1. The van der Waals surface area contributed by atoms with Crippen molar-refractivity contribution in [2.75, 3.05) is 13.7 Å². The van der Waals surface area contributed by atoms with Crippen LogP contribution in [0.2, 0.25) is 0 Å². The lowest BCUT2D eigenvalue weighted by Crippen LogP contribution is -2.42. The Labute approximate surface area is 156 Å². The lowest BCUT2D eigenvalue weighted by atomic mass is 9.83. The summed E-state index contributed by atoms with van der Waals surface area (Å²) in [5, 5.41) is 0. The van der Waals surface area contributed by atoms with Crippen LogP contribution >= 0.6 is 0 Å². The third kappa shape index (κ3) is 9.02. The number of amides is 1. The van der Waals surface area contributed by atoms with Crippen LogP contribution in [-0.4, -0.2) is 48.0 Å². The zero-order valence-electron chi connectivity index (χ0n) is 16.7. The van der Waals surface area contributed by atoms with Gasteiger partial charge in [0, 0.05) is 13.1 Å². The molecule has 0 bridgehead atoms. The molecule has 0 aliphatic heterocycles. The Balaban J connectivity index is 2.25. The highest BCUT2D eigenvalue weighted by Gasteiger charge is 2.28. The first-order chi connectivity index (χ1) is 12.1. The summed E-state index contributed by atoms with van der Waals surface area (Å²) in [6, 6.07) is 0.234. The molecule has 0 aromatic rings. The Bertz CT molecular complexity index is 513. The Morgan fingerprint density at radius 3 is 2.23 bits per heavy atom. The molecule has 0 aromatic carbocycles. The number of esters is 1. The summed E-state index contributed by atoms with van der Waals surface area (Å²) < 4.78 is 10.4. The van der Waals surface area contributed by atoms with Gasteiger partial charge in [-0.15, -0.1) is 0 Å². The van der Waals surface area contributed by atoms with Crippen LogP contribution in [0.5, 0.6) is 0 Å². The lowest BCUT2D eigenvalue weighted by Gasteiger charge is -2.35. The maximum absolute atomic E-state index is 12.1. The molecule has 1 aliphatic rings. The monoisotopic (exact) mass is 367 g/mol. The van der Waals surface area contributed by atoms with Crippen molar-refractivity contribution in [1.29, 1.82) is 0 Å². The van der Waals surface area contributed by atoms with Crippen molar-refractivity contribution < 1.29 is 23.9 Å². The van der Waals surface area contributed by atoms with Crippen LogP contribution in [0.25, 0.3) is 0 Å². The first-order valence-electron chi connectivity index (χ1n) is 9.34. The van der Waals surface area contributed by atoms with Gasteiger partial charge < -0.3 is 14.4 Å². The van der Waals surface area contributed by atoms with E-state index in [1.165, 1.54) is 6.92 Å². The Hall–Kier alpha value is -1.85. The molecule has 0 saturated heterocycles. The molecular weight excluding hydrogens is 334 g/mol. The van der Waals surface area contributed by atoms with Crippen molar-refractivity contribution in [2.24, 2.45) is 5.92 Å². The summed E-state index contributed by atoms with van der Waals surface area (Å²) in [6.07, 6.45) is 8.45. The summed E-state index contributed by atoms with van der Waals surface area (Å²) >= 11 is 0. The van der Waals surface area contributed by atoms with Crippen molar-refractivity contribution >= 4 is 17.8 Å². The Kier molecular flexibility index (Phi) is 8.82. The smallest absolute Gasteiger partial charge is 0.410 e. The molecule has 0 N–H and O–H groups in total. The van der Waals surface area contributed by atoms with Gasteiger partial charge in [-0.2, -0.15) is 0 Å². The van der Waals surface area contributed by atoms with E-state index in [2.05, 4.69) is 0 Å². The minimum Gasteiger partial charge on any atom is -0.461 e. The lowest BCUT2D eigenvalue weighted by molar-refractivity contribution is -0.144. The topological polar surface area (TPSA) is 72.9 Å². The number of hydrogen-bond acceptors (Lipinski definition) is 5. The fourth-order valence-electron chi connectivity index (χ4n) is 3.00. The van der Waals surface area contributed by atoms with Crippen molar-refractivity contribution in [1.82, 2.24) is 4.90 Å². The first kappa shape index (κ1) is 22.2. The molecule has 148 valence electrons. The normalized spacial score (nSPS) is 20.7. The number of rotatable bonds is 7. The van der Waals surface area contributed by atoms with E-state index in [0.717, 1.165) is 32.1 Å². The molecule has 0 aromatic heterocycles. The number of Topliss-reactive ketones (excluding diaryl/α,β-unsaturated/α-hetero) is 1. The highest BCUT2D eigenvalue weighted by molar-refractivity contribution is 5.94. The van der Waals surface area contributed by atoms with E-state index in [9.17, 15) is 14.4 Å². The highest BCUT2D eigenvalue weighted by atomic mass is 16.6. The molecule has 1 fully saturated rings. The van der Waals surface area contributed by atoms with Crippen molar-refractivity contribution in [3.8, 4) is 0 Å². The van der Waals surface area contributed by atoms with Crippen LogP contribution in [0.3, 0.4) is 0 Å². The van der Waals surface area contributed by atoms with Crippen LogP contribution in [0.1, 0.15) is 66.2 Å². The summed E-state index contributed by atoms with van der Waals surface area (Å²) in [7, 11) is 1.81. The van der Waals surface area contributed by atoms with Gasteiger partial charge in [-0.05, 0) is 65.7 Å². The van der Waals surface area contributed by atoms with E-state index >= 15 is 0 Å². The van der Waals surface area contributed by atoms with Gasteiger partial charge in [-0.25, -0.2) is 4.79 Å². The van der Waals surface area contributed by atoms with Gasteiger partial charge >= 0.3 is 12.1 Å². The van der Waals surface area contributed by atoms with E-state index in [0.29, 0.717) is 5.92 Å². The minimum absolute atomic E-state index is 0.164. The molecule has 1 amide bonds. The van der Waals surface area contributed by atoms with E-state index in [1.54, 1.807) is 4.90 Å². The summed E-state index contributed by atoms with van der Waals surface area (Å²) in [4.78, 5) is 35.9. The van der Waals surface area contributed by atoms with E-state index in [-0.39, 0.29) is 30.9 Å². The van der Waals surface area contributed by atoms with Crippen LogP contribution < -0.4 is 0 Å². The average Bonchev–Trinajstić information content (AvgIpc) is 2.52. The van der Waals surface area contributed by atoms with Crippen molar-refractivity contribution in [3.05, 3.63) is 12.2 Å². The Morgan fingerprint density at radius 2 is 1.69 bits per heavy atom. The molecule has 1 rings (SSSR count). The van der Waals surface area contributed by atoms with Gasteiger partial charge in [0.05, 0.1) is 0 Å². The fourth-order valence-corrected chi connectivity index (χ4v) is 3.00. The van der Waals surface area contributed by atoms with Gasteiger partial charge in [-0.3, -0.25) is 9.59 Å². The molecule has 0 radical (unpaired) electrons. The standard InChI is InChI=1S/C20H33NO5/c1-15(22)14-18(23)25-13-7-6-8-16-9-11-17(12-10-16)21(5)19(24)26-20(2,3)4/h6-7,16-17H,8-14H2,1-5H3. The van der Waals surface area contributed by atoms with E-state index in [4.69, 9.17) is 9.47 Å². The number of hydrogen-bond donors (Lipinski definition) is 0. The van der Waals surface area contributed by atoms with Crippen LogP contribution in [0, 0.1) is 5.92 Å². The maximum atomic E-state index is 12.1. The molecule has 1 saturated carbocycles. The molecule has 26 heavy (non-hydrogen) atoms. The van der Waals surface area contributed by atoms with Gasteiger partial charge in [0.2, 0.25) is 0 Å². The molecular formula is C20H33NO5. The van der Waals surface area contributed by atoms with Crippen LogP contribution in [0.4, 0.5) is 4.79 Å². The predicted octanol–water partition coefficient (Wildman–Crippen LogP) is 3.88. The average molecular weight is 367 g/mol. The zero-order valence-corrected chi connectivity index (χ0v) is 16.7. The van der Waals surface area contributed by atoms with E-state index in [1.807, 2.05) is 40.0 Å². The third-order valence-electron chi connectivity index (χ3n) is 4.42. The largest absolute Gasteiger partial charge is 0.461 e. The summed E-state index contributed by atoms with van der Waals surface area (Å²) in [5.74, 6) is -0.0811. The fraction of sp³-hybridized carbons (Fsp3) is 0.750. The van der Waals surface area contributed by atoms with Crippen molar-refractivity contribution in [3.63, 3.8) is 0 Å². The summed E-state index contributed by atoms with van der Waals surface area (Å²) in [5.41, 5.74) is -0.471. The maximum Gasteiger partial charge on any atom is 0.410 e. The number of ether oxygens (including phenoxy) is 2. The SMILES string of the molecule is CC(=O)CC(=O)OCC=CCC1CCC(N(C)C(=O)OC(C)(C)C)CC1. The van der Waals surface area contributed by atoms with Crippen LogP contribution in [-0.2, 0) is 19.1 Å². The molecule has 6 nitrogen and oxygen atoms in total. The van der Waals surface area contributed by atoms with Gasteiger partial charge in [0.15, 0.2) is 0 Å². The second-order valence-corrected chi connectivity index (χ2v) is 8.03. The third-order valence-corrected chi connectivity index (χ3v) is 4.42. The predicted molar refractivity (Wildman–Crippen MR) is 99.8 cm³/mol. The molecule has 0 spiro atoms. The highest BCUT2D eigenvalue weighted by Crippen LogP contribution is 2.30. The minimum atomic E-state index is -0.479. The van der Waals surface area contributed by atoms with E-state index < -0.39 is 11.6 Å². The van der Waals surface area contributed by atoms with Gasteiger partial charge in [0.1, 0.15) is 24.4 Å². The molecule has 0 atom stereocenters. The molecule has 0 heterocycles. The van der Waals surface area contributed by atoms with Crippen molar-refractivity contribution in [2.45, 2.75) is 77.9 Å². The quantitative estimate of drug-likeness (QED) is 0.388. The second kappa shape index (κ2) is 10.3. The Morgan fingerprint density at radius 1 is 1.08 bits per heavy atom. The number of carbonyl (C=O) groups is 3. The number of carbonyl (C=O) groups excluding carboxylic acids is 3. The first-order valence-corrected chi connectivity index (χ1v) is 9.34. The molecule has 1 aliphatic carbocycles. The number of allylic oxidation sites excluding steroid dienone is 1. The molecule has 0 unspecified atom stereocenters. The van der Waals surface area contributed by atoms with Gasteiger partial charge in [0.25, 0.3) is 0 Å². The van der Waals surface area contributed by atoms with Crippen LogP contribution in [0.15, 0.2) is 12.2 Å². The summed E-state index contributed by atoms with van der Waals surface area (Å²) in [6.45, 7) is 7.20. The number of nitrogens with zero attached hydrogens (tertiary/aromatic N) is 1. The second-order valence-electron chi connectivity index (χ2n) is 8.03. The van der Waals surface area contributed by atoms with Gasteiger partial charge in [-0.1, -0.05) is 12.2 Å². The zero-order chi connectivity index (χ0) is 19.7. The molecule has 6 heteroatoms.